The highest BCUT2D eigenvalue weighted by atomic mass is 32.2. The van der Waals surface area contributed by atoms with Crippen molar-refractivity contribution in [2.45, 2.75) is 22.9 Å². The van der Waals surface area contributed by atoms with Crippen LogP contribution >= 0.6 is 20.1 Å². The van der Waals surface area contributed by atoms with Crippen molar-refractivity contribution in [2.75, 3.05) is 20.3 Å². The number of aliphatic hydroxyl groups excluding tert-OH is 1. The maximum absolute atomic E-state index is 14.5. The molecule has 2 rings (SSSR count). The minimum atomic E-state index is -1.46. The summed E-state index contributed by atoms with van der Waals surface area (Å²) in [4.78, 5) is 15.2. The van der Waals surface area contributed by atoms with E-state index in [1.54, 1.807) is 11.9 Å². The minimum Gasteiger partial charge on any atom is -0.448 e. The molecule has 1 aromatic rings. The van der Waals surface area contributed by atoms with Crippen LogP contribution in [0, 0.1) is 0 Å². The molecule has 1 aromatic carbocycles. The van der Waals surface area contributed by atoms with E-state index in [0.717, 1.165) is 0 Å². The molecule has 0 saturated carbocycles. The number of benzene rings is 1. The number of alkyl halides is 1. The number of hydrogen-bond donors (Lipinski definition) is 2. The van der Waals surface area contributed by atoms with Gasteiger partial charge in [0.05, 0.1) is 11.9 Å². The number of aliphatic hydroxyl groups is 1. The number of hydrogen-bond acceptors (Lipinski definition) is 6. The highest BCUT2D eigenvalue weighted by Crippen LogP contribution is 2.41. The van der Waals surface area contributed by atoms with Gasteiger partial charge in [-0.1, -0.05) is 18.2 Å². The van der Waals surface area contributed by atoms with E-state index in [2.05, 4.69) is 4.99 Å². The van der Waals surface area contributed by atoms with Gasteiger partial charge in [0.2, 0.25) is 14.8 Å². The lowest BCUT2D eigenvalue weighted by Gasteiger charge is -2.23. The van der Waals surface area contributed by atoms with Crippen LogP contribution in [0.1, 0.15) is 0 Å². The zero-order valence-electron chi connectivity index (χ0n) is 15.0. The predicted octanol–water partition coefficient (Wildman–Crippen LogP) is 2.12. The van der Waals surface area contributed by atoms with Crippen molar-refractivity contribution < 1.29 is 23.3 Å². The summed E-state index contributed by atoms with van der Waals surface area (Å²) < 4.78 is 25.8. The monoisotopic (exact) mass is 415 g/mol. The molecule has 0 bridgehead atoms. The normalized spacial score (nSPS) is 26.9. The zero-order chi connectivity index (χ0) is 19.8. The molecule has 10 heteroatoms. The van der Waals surface area contributed by atoms with Crippen molar-refractivity contribution in [1.82, 2.24) is 4.90 Å². The predicted molar refractivity (Wildman–Crippen MR) is 107 cm³/mol. The van der Waals surface area contributed by atoms with Gasteiger partial charge in [-0.3, -0.25) is 4.79 Å². The van der Waals surface area contributed by atoms with E-state index in [9.17, 15) is 14.3 Å². The summed E-state index contributed by atoms with van der Waals surface area (Å²) in [6, 6.07) is 9.28. The summed E-state index contributed by atoms with van der Waals surface area (Å²) >= 11 is 1.28. The number of para-hydroxylation sites is 1. The van der Waals surface area contributed by atoms with E-state index in [1.807, 2.05) is 37.0 Å². The SMILES string of the molecule is CN(/C=C\C(N)=NC=O)C1SC(COP(C)Oc2ccccc2)[C@@H](O)C1F. The fourth-order valence-electron chi connectivity index (χ4n) is 2.38. The Morgan fingerprint density at radius 1 is 1.48 bits per heavy atom. The topological polar surface area (TPSA) is 97.4 Å². The van der Waals surface area contributed by atoms with E-state index in [0.29, 0.717) is 12.2 Å². The Morgan fingerprint density at radius 3 is 2.85 bits per heavy atom. The molecule has 0 spiro atoms. The molecule has 3 N–H and O–H groups in total. The Labute approximate surface area is 163 Å². The first-order valence-corrected chi connectivity index (χ1v) is 10.7. The zero-order valence-corrected chi connectivity index (χ0v) is 16.7. The summed E-state index contributed by atoms with van der Waals surface area (Å²) in [5.41, 5.74) is 5.49. The van der Waals surface area contributed by atoms with E-state index < -0.39 is 31.3 Å². The lowest BCUT2D eigenvalue weighted by atomic mass is 10.1. The van der Waals surface area contributed by atoms with Crippen LogP contribution < -0.4 is 10.3 Å². The Balaban J connectivity index is 1.86. The molecule has 0 radical (unpaired) electrons. The first-order chi connectivity index (χ1) is 12.9. The van der Waals surface area contributed by atoms with Gasteiger partial charge in [0.25, 0.3) is 0 Å². The van der Waals surface area contributed by atoms with Gasteiger partial charge in [0.15, 0.2) is 6.17 Å². The summed E-state index contributed by atoms with van der Waals surface area (Å²) in [6.45, 7) is 1.98. The Hall–Kier alpha value is -1.67. The Kier molecular flexibility index (Phi) is 8.50. The summed E-state index contributed by atoms with van der Waals surface area (Å²) in [5.74, 6) is 0.719. The molecule has 1 heterocycles. The van der Waals surface area contributed by atoms with Crippen molar-refractivity contribution in [3.8, 4) is 5.75 Å². The molecule has 5 atom stereocenters. The quantitative estimate of drug-likeness (QED) is 0.276. The number of carbonyl (C=O) groups excluding carboxylic acids is 1. The maximum Gasteiger partial charge on any atom is 0.234 e. The van der Waals surface area contributed by atoms with Gasteiger partial charge < -0.3 is 24.8 Å². The second-order valence-electron chi connectivity index (χ2n) is 5.78. The minimum absolute atomic E-state index is 0.0189. The molecule has 148 valence electrons. The molecular formula is C17H23FN3O4PS. The van der Waals surface area contributed by atoms with Crippen molar-refractivity contribution in [2.24, 2.45) is 10.7 Å². The first kappa shape index (κ1) is 21.6. The highest BCUT2D eigenvalue weighted by molar-refractivity contribution is 8.00. The molecule has 1 aliphatic rings. The maximum atomic E-state index is 14.5. The van der Waals surface area contributed by atoms with Gasteiger partial charge in [0.1, 0.15) is 23.1 Å². The molecule has 27 heavy (non-hydrogen) atoms. The van der Waals surface area contributed by atoms with Crippen molar-refractivity contribution in [3.63, 3.8) is 0 Å². The Morgan fingerprint density at radius 2 is 2.19 bits per heavy atom. The first-order valence-electron chi connectivity index (χ1n) is 8.16. The average molecular weight is 415 g/mol. The molecule has 1 amide bonds. The van der Waals surface area contributed by atoms with Crippen LogP contribution in [0.2, 0.25) is 0 Å². The molecular weight excluding hydrogens is 392 g/mol. The second kappa shape index (κ2) is 10.6. The van der Waals surface area contributed by atoms with Gasteiger partial charge in [-0.15, -0.1) is 11.8 Å². The van der Waals surface area contributed by atoms with Crippen LogP contribution in [0.5, 0.6) is 5.75 Å². The van der Waals surface area contributed by atoms with E-state index in [1.165, 1.54) is 24.0 Å². The molecule has 0 aliphatic carbocycles. The van der Waals surface area contributed by atoms with Gasteiger partial charge in [-0.25, -0.2) is 4.39 Å². The smallest absolute Gasteiger partial charge is 0.234 e. The Bertz CT molecular complexity index is 667. The van der Waals surface area contributed by atoms with Crippen molar-refractivity contribution >= 4 is 32.4 Å². The fourth-order valence-corrected chi connectivity index (χ4v) is 4.72. The molecule has 0 aromatic heterocycles. The number of nitrogens with two attached hydrogens (primary N) is 1. The fraction of sp³-hybridized carbons (Fsp3) is 0.412. The van der Waals surface area contributed by atoms with Crippen LogP contribution in [0.15, 0.2) is 47.6 Å². The molecule has 1 aliphatic heterocycles. The third-order valence-corrected chi connectivity index (χ3v) is 6.39. The number of amidine groups is 1. The van der Waals surface area contributed by atoms with Gasteiger partial charge in [-0.2, -0.15) is 4.99 Å². The summed E-state index contributed by atoms with van der Waals surface area (Å²) in [7, 11) is 0.467. The third-order valence-electron chi connectivity index (χ3n) is 3.78. The van der Waals surface area contributed by atoms with E-state index in [4.69, 9.17) is 14.8 Å². The van der Waals surface area contributed by atoms with Gasteiger partial charge >= 0.3 is 0 Å². The van der Waals surface area contributed by atoms with E-state index in [-0.39, 0.29) is 12.4 Å². The number of aliphatic imine (C=N–C) groups is 1. The van der Waals surface area contributed by atoms with Crippen LogP contribution in [0.3, 0.4) is 0 Å². The average Bonchev–Trinajstić information content (AvgIpc) is 2.94. The largest absolute Gasteiger partial charge is 0.448 e. The lowest BCUT2D eigenvalue weighted by molar-refractivity contribution is -0.106. The highest BCUT2D eigenvalue weighted by Gasteiger charge is 2.45. The number of halogens is 1. The number of carbonyl (C=O) groups is 1. The van der Waals surface area contributed by atoms with Gasteiger partial charge in [-0.05, 0) is 18.2 Å². The second-order valence-corrected chi connectivity index (χ2v) is 8.46. The molecule has 4 unspecified atom stereocenters. The molecule has 7 nitrogen and oxygen atoms in total. The lowest BCUT2D eigenvalue weighted by Crippen LogP contribution is -2.36. The number of nitrogens with zero attached hydrogens (tertiary/aromatic N) is 2. The standard InChI is InChI=1S/C17H23FN3O4PS/c1-21(9-8-14(19)20-11-22)17-15(18)16(23)13(27-17)10-24-26(2)25-12-6-4-3-5-7-12/h3-9,11,13,15-17,23H,10H2,1-2H3,(H2,19,20,22)/b9-8-/t13?,15?,16-,17?,26?/m1/s1. The van der Waals surface area contributed by atoms with Gasteiger partial charge in [0, 0.05) is 19.9 Å². The van der Waals surface area contributed by atoms with Crippen LogP contribution in [-0.2, 0) is 9.32 Å². The van der Waals surface area contributed by atoms with Crippen molar-refractivity contribution in [3.05, 3.63) is 42.6 Å². The van der Waals surface area contributed by atoms with Crippen LogP contribution in [0.25, 0.3) is 0 Å². The van der Waals surface area contributed by atoms with Crippen LogP contribution in [-0.4, -0.2) is 65.5 Å². The van der Waals surface area contributed by atoms with E-state index >= 15 is 0 Å². The van der Waals surface area contributed by atoms with Crippen LogP contribution in [0.4, 0.5) is 4.39 Å². The number of thioether (sulfide) groups is 1. The molecule has 1 saturated heterocycles. The number of rotatable bonds is 9. The third kappa shape index (κ3) is 6.46. The summed E-state index contributed by atoms with van der Waals surface area (Å²) in [6.07, 6.45) is 0.641. The summed E-state index contributed by atoms with van der Waals surface area (Å²) in [5, 5.41) is 9.16. The number of amides is 1. The van der Waals surface area contributed by atoms with Crippen molar-refractivity contribution in [1.29, 1.82) is 0 Å². The molecule has 1 fully saturated rings.